The molecule has 1 amide bonds. The molecule has 0 aliphatic heterocycles. The lowest BCUT2D eigenvalue weighted by Gasteiger charge is -2.17. The van der Waals surface area contributed by atoms with E-state index < -0.39 is 31.8 Å². The van der Waals surface area contributed by atoms with Gasteiger partial charge in [-0.05, 0) is 80.3 Å². The highest BCUT2D eigenvalue weighted by Gasteiger charge is 2.21. The van der Waals surface area contributed by atoms with Gasteiger partial charge in [-0.15, -0.1) is 0 Å². The minimum absolute atomic E-state index is 0.0196. The van der Waals surface area contributed by atoms with Gasteiger partial charge in [0.2, 0.25) is 0 Å². The number of aryl methyl sites for hydroxylation is 2. The van der Waals surface area contributed by atoms with E-state index >= 15 is 0 Å². The summed E-state index contributed by atoms with van der Waals surface area (Å²) in [5.74, 6) is -0.442. The third-order valence-corrected chi connectivity index (χ3v) is 8.38. The first-order valence-electron chi connectivity index (χ1n) is 10.6. The zero-order valence-corrected chi connectivity index (χ0v) is 21.3. The molecule has 180 valence electrons. The number of nitrogens with one attached hydrogen (secondary N) is 2. The van der Waals surface area contributed by atoms with Gasteiger partial charge in [0.15, 0.2) is 9.84 Å². The normalized spacial score (nSPS) is 12.7. The van der Waals surface area contributed by atoms with E-state index in [-0.39, 0.29) is 15.4 Å². The fourth-order valence-electron chi connectivity index (χ4n) is 3.46. The molecule has 0 spiro atoms. The van der Waals surface area contributed by atoms with Crippen molar-refractivity contribution in [2.75, 3.05) is 11.0 Å². The van der Waals surface area contributed by atoms with E-state index in [1.807, 2.05) is 19.9 Å². The zero-order chi connectivity index (χ0) is 25.3. The Morgan fingerprint density at radius 2 is 1.50 bits per heavy atom. The van der Waals surface area contributed by atoms with Crippen LogP contribution in [-0.4, -0.2) is 29.0 Å². The van der Waals surface area contributed by atoms with E-state index in [2.05, 4.69) is 10.0 Å². The summed E-state index contributed by atoms with van der Waals surface area (Å²) in [7, 11) is -7.24. The Hall–Kier alpha value is -3.17. The summed E-state index contributed by atoms with van der Waals surface area (Å²) in [6.45, 7) is 7.18. The number of amides is 1. The molecular formula is C25H28N2O5S2. The molecule has 0 fully saturated rings. The summed E-state index contributed by atoms with van der Waals surface area (Å²) in [6.07, 6.45) is 1.13. The molecule has 34 heavy (non-hydrogen) atoms. The first-order chi connectivity index (χ1) is 15.8. The summed E-state index contributed by atoms with van der Waals surface area (Å²) < 4.78 is 52.2. The highest BCUT2D eigenvalue weighted by atomic mass is 32.2. The quantitative estimate of drug-likeness (QED) is 0.503. The van der Waals surface area contributed by atoms with E-state index in [9.17, 15) is 21.6 Å². The van der Waals surface area contributed by atoms with Crippen LogP contribution in [0.5, 0.6) is 0 Å². The average molecular weight is 501 g/mol. The number of hydrogen-bond donors (Lipinski definition) is 2. The van der Waals surface area contributed by atoms with Crippen molar-refractivity contribution < 1.29 is 21.6 Å². The van der Waals surface area contributed by atoms with Gasteiger partial charge < -0.3 is 5.32 Å². The highest BCUT2D eigenvalue weighted by Crippen LogP contribution is 2.25. The Bertz CT molecular complexity index is 1450. The first kappa shape index (κ1) is 25.5. The Morgan fingerprint density at radius 1 is 0.853 bits per heavy atom. The van der Waals surface area contributed by atoms with E-state index in [1.165, 1.54) is 18.2 Å². The number of anilines is 1. The monoisotopic (exact) mass is 500 g/mol. The molecule has 0 aliphatic carbocycles. The molecule has 0 radical (unpaired) electrons. The van der Waals surface area contributed by atoms with Gasteiger partial charge in [-0.1, -0.05) is 30.3 Å². The van der Waals surface area contributed by atoms with Gasteiger partial charge in [0.1, 0.15) is 0 Å². The van der Waals surface area contributed by atoms with Crippen molar-refractivity contribution in [3.63, 3.8) is 0 Å². The molecule has 3 rings (SSSR count). The van der Waals surface area contributed by atoms with Crippen molar-refractivity contribution in [3.8, 4) is 0 Å². The van der Waals surface area contributed by atoms with Crippen LogP contribution in [0.2, 0.25) is 0 Å². The predicted molar refractivity (Wildman–Crippen MR) is 133 cm³/mol. The summed E-state index contributed by atoms with van der Waals surface area (Å²) in [6, 6.07) is 15.7. The number of carbonyl (C=O) groups excluding carboxylic acids is 1. The first-order valence-corrected chi connectivity index (χ1v) is 14.0. The van der Waals surface area contributed by atoms with Gasteiger partial charge in [-0.2, -0.15) is 0 Å². The van der Waals surface area contributed by atoms with Crippen molar-refractivity contribution in [2.24, 2.45) is 0 Å². The van der Waals surface area contributed by atoms with Crippen molar-refractivity contribution in [1.29, 1.82) is 0 Å². The van der Waals surface area contributed by atoms with Gasteiger partial charge in [0.05, 0.1) is 21.5 Å². The van der Waals surface area contributed by atoms with E-state index in [1.54, 1.807) is 50.2 Å². The van der Waals surface area contributed by atoms with Crippen LogP contribution in [0.4, 0.5) is 5.69 Å². The molecule has 0 aromatic heterocycles. The summed E-state index contributed by atoms with van der Waals surface area (Å²) in [5.41, 5.74) is 3.71. The molecule has 0 bridgehead atoms. The molecule has 9 heteroatoms. The Balaban J connectivity index is 1.83. The molecule has 0 heterocycles. The second-order valence-corrected chi connectivity index (χ2v) is 12.0. The summed E-state index contributed by atoms with van der Waals surface area (Å²) in [5, 5.41) is 2.83. The second-order valence-electron chi connectivity index (χ2n) is 8.37. The third kappa shape index (κ3) is 5.66. The fraction of sp³-hybridized carbons (Fsp3) is 0.240. The molecule has 2 N–H and O–H groups in total. The van der Waals surface area contributed by atoms with E-state index in [4.69, 9.17) is 0 Å². The molecule has 0 saturated heterocycles. The minimum Gasteiger partial charge on any atom is -0.346 e. The molecule has 3 aromatic carbocycles. The van der Waals surface area contributed by atoms with Crippen LogP contribution < -0.4 is 10.0 Å². The topological polar surface area (TPSA) is 109 Å². The number of benzene rings is 3. The third-order valence-electron chi connectivity index (χ3n) is 5.74. The van der Waals surface area contributed by atoms with Gasteiger partial charge in [0.25, 0.3) is 15.9 Å². The number of hydrogen-bond acceptors (Lipinski definition) is 5. The van der Waals surface area contributed by atoms with Crippen molar-refractivity contribution in [3.05, 3.63) is 88.5 Å². The number of sulfonamides is 1. The van der Waals surface area contributed by atoms with Crippen molar-refractivity contribution in [1.82, 2.24) is 5.32 Å². The van der Waals surface area contributed by atoms with Crippen LogP contribution in [-0.2, 0) is 19.9 Å². The van der Waals surface area contributed by atoms with Crippen LogP contribution in [0.15, 0.2) is 70.5 Å². The maximum Gasteiger partial charge on any atom is 0.262 e. The van der Waals surface area contributed by atoms with Crippen LogP contribution in [0, 0.1) is 20.8 Å². The molecule has 0 unspecified atom stereocenters. The Kier molecular flexibility index (Phi) is 7.18. The maximum atomic E-state index is 13.1. The van der Waals surface area contributed by atoms with Crippen LogP contribution in [0.1, 0.15) is 45.6 Å². The lowest BCUT2D eigenvalue weighted by molar-refractivity contribution is 0.0939. The fourth-order valence-corrected chi connectivity index (χ4v) is 5.48. The lowest BCUT2D eigenvalue weighted by Crippen LogP contribution is -2.27. The Morgan fingerprint density at radius 3 is 2.12 bits per heavy atom. The standard InChI is InChI=1S/C25H28N2O5S2/c1-16-7-6-8-23(18(16)3)27-34(31,32)24-15-21(10-9-17(24)2)25(28)26-19(4)20-11-13-22(14-12-20)33(5,29)30/h6-15,19,27H,1-5H3,(H,26,28)/t19-/m0/s1. The second kappa shape index (κ2) is 9.60. The molecule has 3 aromatic rings. The zero-order valence-electron chi connectivity index (χ0n) is 19.7. The van der Waals surface area contributed by atoms with Gasteiger partial charge in [-0.3, -0.25) is 9.52 Å². The average Bonchev–Trinajstić information content (AvgIpc) is 2.76. The minimum atomic E-state index is -3.93. The SMILES string of the molecule is Cc1ccc(C(=O)N[C@@H](C)c2ccc(S(C)(=O)=O)cc2)cc1S(=O)(=O)Nc1cccc(C)c1C. The maximum absolute atomic E-state index is 13.1. The van der Waals surface area contributed by atoms with E-state index in [0.717, 1.165) is 22.9 Å². The molecule has 1 atom stereocenters. The van der Waals surface area contributed by atoms with Crippen molar-refractivity contribution in [2.45, 2.75) is 43.5 Å². The van der Waals surface area contributed by atoms with Crippen LogP contribution >= 0.6 is 0 Å². The van der Waals surface area contributed by atoms with Crippen LogP contribution in [0.3, 0.4) is 0 Å². The molecule has 0 saturated carbocycles. The molecule has 7 nitrogen and oxygen atoms in total. The summed E-state index contributed by atoms with van der Waals surface area (Å²) >= 11 is 0. The van der Waals surface area contributed by atoms with Gasteiger partial charge in [0, 0.05) is 11.8 Å². The molecule has 0 aliphatic rings. The van der Waals surface area contributed by atoms with Crippen LogP contribution in [0.25, 0.3) is 0 Å². The molecular weight excluding hydrogens is 472 g/mol. The number of rotatable bonds is 7. The number of sulfone groups is 1. The largest absolute Gasteiger partial charge is 0.346 e. The van der Waals surface area contributed by atoms with Crippen molar-refractivity contribution >= 4 is 31.5 Å². The lowest BCUT2D eigenvalue weighted by atomic mass is 10.1. The predicted octanol–water partition coefficient (Wildman–Crippen LogP) is 4.31. The summed E-state index contributed by atoms with van der Waals surface area (Å²) in [4.78, 5) is 13.1. The smallest absolute Gasteiger partial charge is 0.262 e. The van der Waals surface area contributed by atoms with Gasteiger partial charge in [-0.25, -0.2) is 16.8 Å². The Labute approximate surface area is 201 Å². The highest BCUT2D eigenvalue weighted by molar-refractivity contribution is 7.92. The van der Waals surface area contributed by atoms with E-state index in [0.29, 0.717) is 11.3 Å². The van der Waals surface area contributed by atoms with Gasteiger partial charge >= 0.3 is 0 Å². The number of carbonyl (C=O) groups is 1.